The van der Waals surface area contributed by atoms with Gasteiger partial charge in [-0.15, -0.1) is 0 Å². The second-order valence-corrected chi connectivity index (χ2v) is 11.6. The third-order valence-electron chi connectivity index (χ3n) is 4.71. The number of hydrogen-bond acceptors (Lipinski definition) is 6. The molecular formula is C22H26N2O4S3. The third kappa shape index (κ3) is 5.22. The molecule has 1 aromatic heterocycles. The van der Waals surface area contributed by atoms with E-state index in [1.807, 2.05) is 35.9 Å². The average Bonchev–Trinajstić information content (AvgIpc) is 3.08. The number of fused-ring (bicyclic) bond motifs is 1. The first kappa shape index (κ1) is 23.6. The number of nitrogens with zero attached hydrogens (tertiary/aromatic N) is 2. The van der Waals surface area contributed by atoms with Crippen molar-refractivity contribution < 1.29 is 17.9 Å². The number of amides is 1. The normalized spacial score (nSPS) is 12.6. The van der Waals surface area contributed by atoms with Crippen LogP contribution in [-0.2, 0) is 16.4 Å². The van der Waals surface area contributed by atoms with Gasteiger partial charge in [0.2, 0.25) is 0 Å². The van der Waals surface area contributed by atoms with Crippen molar-refractivity contribution >= 4 is 49.1 Å². The lowest BCUT2D eigenvalue weighted by molar-refractivity contribution is 0.0997. The van der Waals surface area contributed by atoms with E-state index in [0.29, 0.717) is 18.0 Å². The van der Waals surface area contributed by atoms with Gasteiger partial charge in [-0.3, -0.25) is 4.79 Å². The summed E-state index contributed by atoms with van der Waals surface area (Å²) in [6, 6.07) is 12.0. The van der Waals surface area contributed by atoms with Gasteiger partial charge in [0.1, 0.15) is 5.75 Å². The predicted octanol–water partition coefficient (Wildman–Crippen LogP) is 4.39. The van der Waals surface area contributed by atoms with Gasteiger partial charge in [-0.25, -0.2) is 8.42 Å². The van der Waals surface area contributed by atoms with Crippen LogP contribution in [0.4, 0.5) is 0 Å². The molecule has 0 fully saturated rings. The fraction of sp³-hybridized carbons (Fsp3) is 0.364. The molecule has 0 N–H and O–H groups in total. The molecule has 0 aliphatic rings. The Morgan fingerprint density at radius 3 is 2.68 bits per heavy atom. The lowest BCUT2D eigenvalue weighted by Gasteiger charge is -2.08. The van der Waals surface area contributed by atoms with E-state index in [2.05, 4.69) is 4.99 Å². The van der Waals surface area contributed by atoms with Gasteiger partial charge in [-0.2, -0.15) is 16.8 Å². The second kappa shape index (κ2) is 10.0. The molecule has 0 atom stereocenters. The predicted molar refractivity (Wildman–Crippen MR) is 128 cm³/mol. The van der Waals surface area contributed by atoms with Crippen LogP contribution in [0.3, 0.4) is 0 Å². The Bertz CT molecular complexity index is 1260. The van der Waals surface area contributed by atoms with Crippen molar-refractivity contribution in [1.82, 2.24) is 4.57 Å². The molecular weight excluding hydrogens is 452 g/mol. The van der Waals surface area contributed by atoms with Crippen LogP contribution in [0.5, 0.6) is 5.75 Å². The van der Waals surface area contributed by atoms with E-state index < -0.39 is 21.0 Å². The third-order valence-corrected chi connectivity index (χ3v) is 8.50. The molecule has 0 bridgehead atoms. The average molecular weight is 479 g/mol. The quantitative estimate of drug-likeness (QED) is 0.480. The SMILES string of the molecule is CCOc1ccc2c(c1)sc(=NC(=O)c1cccc(S(=O)(=O)C(C)C)c1)n2CCSC. The first-order chi connectivity index (χ1) is 14.8. The molecule has 2 aromatic carbocycles. The van der Waals surface area contributed by atoms with Gasteiger partial charge in [0.15, 0.2) is 14.6 Å². The van der Waals surface area contributed by atoms with Gasteiger partial charge in [-0.05, 0) is 63.4 Å². The van der Waals surface area contributed by atoms with E-state index in [-0.39, 0.29) is 10.5 Å². The lowest BCUT2D eigenvalue weighted by atomic mass is 10.2. The molecule has 6 nitrogen and oxygen atoms in total. The van der Waals surface area contributed by atoms with Crippen molar-refractivity contribution in [3.8, 4) is 5.75 Å². The molecule has 1 amide bonds. The Morgan fingerprint density at radius 1 is 1.23 bits per heavy atom. The van der Waals surface area contributed by atoms with Crippen molar-refractivity contribution in [3.63, 3.8) is 0 Å². The molecule has 166 valence electrons. The van der Waals surface area contributed by atoms with Crippen LogP contribution in [0.1, 0.15) is 31.1 Å². The van der Waals surface area contributed by atoms with Crippen molar-refractivity contribution in [3.05, 3.63) is 52.8 Å². The number of thiazole rings is 1. The van der Waals surface area contributed by atoms with Crippen LogP contribution >= 0.6 is 23.1 Å². The van der Waals surface area contributed by atoms with Crippen LogP contribution in [0.2, 0.25) is 0 Å². The molecule has 0 unspecified atom stereocenters. The minimum Gasteiger partial charge on any atom is -0.494 e. The Morgan fingerprint density at radius 2 is 2.00 bits per heavy atom. The highest BCUT2D eigenvalue weighted by Gasteiger charge is 2.20. The number of carbonyl (C=O) groups is 1. The lowest BCUT2D eigenvalue weighted by Crippen LogP contribution is -2.18. The zero-order chi connectivity index (χ0) is 22.6. The van der Waals surface area contributed by atoms with Gasteiger partial charge in [0, 0.05) is 17.9 Å². The smallest absolute Gasteiger partial charge is 0.279 e. The number of rotatable bonds is 8. The number of aromatic nitrogens is 1. The number of aryl methyl sites for hydroxylation is 1. The summed E-state index contributed by atoms with van der Waals surface area (Å²) in [5.74, 6) is 1.19. The van der Waals surface area contributed by atoms with Gasteiger partial charge < -0.3 is 9.30 Å². The van der Waals surface area contributed by atoms with E-state index in [9.17, 15) is 13.2 Å². The van der Waals surface area contributed by atoms with Crippen molar-refractivity contribution in [2.45, 2.75) is 37.5 Å². The number of benzene rings is 2. The summed E-state index contributed by atoms with van der Waals surface area (Å²) in [6.45, 7) is 6.47. The maximum absolute atomic E-state index is 12.9. The fourth-order valence-electron chi connectivity index (χ4n) is 3.02. The summed E-state index contributed by atoms with van der Waals surface area (Å²) < 4.78 is 33.6. The number of carbonyl (C=O) groups excluding carboxylic acids is 1. The van der Waals surface area contributed by atoms with E-state index in [1.54, 1.807) is 37.7 Å². The molecule has 0 aliphatic carbocycles. The van der Waals surface area contributed by atoms with Crippen LogP contribution in [0, 0.1) is 0 Å². The van der Waals surface area contributed by atoms with Crippen molar-refractivity contribution in [1.29, 1.82) is 0 Å². The summed E-state index contributed by atoms with van der Waals surface area (Å²) in [6.07, 6.45) is 2.03. The Labute approximate surface area is 190 Å². The number of ether oxygens (including phenoxy) is 1. The molecule has 3 rings (SSSR count). The number of sulfone groups is 1. The zero-order valence-electron chi connectivity index (χ0n) is 18.0. The molecule has 0 radical (unpaired) electrons. The molecule has 0 saturated heterocycles. The first-order valence-corrected chi connectivity index (χ1v) is 13.7. The highest BCUT2D eigenvalue weighted by atomic mass is 32.2. The topological polar surface area (TPSA) is 77.7 Å². The standard InChI is InChI=1S/C22H26N2O4S3/c1-5-28-17-9-10-19-20(14-17)30-22(24(19)11-12-29-4)23-21(25)16-7-6-8-18(13-16)31(26,27)15(2)3/h6-10,13-15H,5,11-12H2,1-4H3. The molecule has 3 aromatic rings. The summed E-state index contributed by atoms with van der Waals surface area (Å²) >= 11 is 3.14. The summed E-state index contributed by atoms with van der Waals surface area (Å²) in [5.41, 5.74) is 1.25. The summed E-state index contributed by atoms with van der Waals surface area (Å²) in [4.78, 5) is 18.0. The van der Waals surface area contributed by atoms with Gasteiger partial charge in [0.25, 0.3) is 5.91 Å². The molecule has 0 aliphatic heterocycles. The molecule has 9 heteroatoms. The van der Waals surface area contributed by atoms with Crippen LogP contribution in [0.15, 0.2) is 52.4 Å². The molecule has 0 saturated carbocycles. The van der Waals surface area contributed by atoms with Crippen molar-refractivity contribution in [2.24, 2.45) is 4.99 Å². The highest BCUT2D eigenvalue weighted by molar-refractivity contribution is 7.98. The Kier molecular flexibility index (Phi) is 7.61. The van der Waals surface area contributed by atoms with Crippen LogP contribution in [0.25, 0.3) is 10.2 Å². The number of hydrogen-bond donors (Lipinski definition) is 0. The van der Waals surface area contributed by atoms with Gasteiger partial charge in [-0.1, -0.05) is 17.4 Å². The molecule has 1 heterocycles. The minimum atomic E-state index is -3.47. The maximum Gasteiger partial charge on any atom is 0.279 e. The summed E-state index contributed by atoms with van der Waals surface area (Å²) in [5, 5.41) is -0.564. The summed E-state index contributed by atoms with van der Waals surface area (Å²) in [7, 11) is -3.47. The van der Waals surface area contributed by atoms with Crippen molar-refractivity contribution in [2.75, 3.05) is 18.6 Å². The highest BCUT2D eigenvalue weighted by Crippen LogP contribution is 2.24. The van der Waals surface area contributed by atoms with E-state index in [1.165, 1.54) is 23.5 Å². The Hall–Kier alpha value is -2.10. The maximum atomic E-state index is 12.9. The largest absolute Gasteiger partial charge is 0.494 e. The fourth-order valence-corrected chi connectivity index (χ4v) is 5.58. The van der Waals surface area contributed by atoms with E-state index >= 15 is 0 Å². The van der Waals surface area contributed by atoms with Gasteiger partial charge >= 0.3 is 0 Å². The van der Waals surface area contributed by atoms with E-state index in [4.69, 9.17) is 4.74 Å². The molecule has 31 heavy (non-hydrogen) atoms. The van der Waals surface area contributed by atoms with E-state index in [0.717, 1.165) is 21.7 Å². The zero-order valence-corrected chi connectivity index (χ0v) is 20.4. The van der Waals surface area contributed by atoms with Crippen LogP contribution in [-0.4, -0.2) is 42.8 Å². The minimum absolute atomic E-state index is 0.136. The second-order valence-electron chi connectivity index (χ2n) is 7.13. The van der Waals surface area contributed by atoms with Gasteiger partial charge in [0.05, 0.1) is 27.0 Å². The van der Waals surface area contributed by atoms with Crippen LogP contribution < -0.4 is 9.54 Å². The molecule has 0 spiro atoms. The number of thioether (sulfide) groups is 1. The first-order valence-electron chi connectivity index (χ1n) is 9.96. The Balaban J connectivity index is 2.08. The monoisotopic (exact) mass is 478 g/mol.